The number of hydrogen-bond acceptors (Lipinski definition) is 6. The van der Waals surface area contributed by atoms with E-state index >= 15 is 0 Å². The van der Waals surface area contributed by atoms with Gasteiger partial charge < -0.3 is 4.90 Å². The highest BCUT2D eigenvalue weighted by Crippen LogP contribution is 2.40. The quantitative estimate of drug-likeness (QED) is 0.115. The molecule has 1 saturated heterocycles. The van der Waals surface area contributed by atoms with Gasteiger partial charge in [-0.1, -0.05) is 79.3 Å². The monoisotopic (exact) mass is 723 g/mol. The Hall–Kier alpha value is -4.03. The van der Waals surface area contributed by atoms with E-state index in [2.05, 4.69) is 49.7 Å². The second kappa shape index (κ2) is 14.9. The highest BCUT2D eigenvalue weighted by molar-refractivity contribution is 7.98. The summed E-state index contributed by atoms with van der Waals surface area (Å²) in [5, 5.41) is 4.64. The number of likely N-dealkylation sites (tertiary alicyclic amines) is 1. The lowest BCUT2D eigenvalue weighted by Crippen LogP contribution is -2.63. The Labute approximate surface area is 301 Å². The number of benzene rings is 3. The smallest absolute Gasteiger partial charge is 0.295 e. The topological polar surface area (TPSA) is 71.3 Å². The van der Waals surface area contributed by atoms with Gasteiger partial charge in [0.25, 0.3) is 11.5 Å². The number of hydrogen-bond donors (Lipinski definition) is 0. The molecule has 51 heavy (non-hydrogen) atoms. The molecule has 0 N–H and O–H groups in total. The van der Waals surface area contributed by atoms with Crippen LogP contribution in [0.15, 0.2) is 76.7 Å². The molecular formula is C39H45F4N5O2S. The Bertz CT molecular complexity index is 1910. The Morgan fingerprint density at radius 1 is 0.961 bits per heavy atom. The van der Waals surface area contributed by atoms with Crippen molar-refractivity contribution in [2.75, 3.05) is 7.05 Å². The van der Waals surface area contributed by atoms with Crippen molar-refractivity contribution in [2.45, 2.75) is 108 Å². The summed E-state index contributed by atoms with van der Waals surface area (Å²) in [5.41, 5.74) is 1.81. The van der Waals surface area contributed by atoms with Crippen molar-refractivity contribution >= 4 is 17.7 Å². The van der Waals surface area contributed by atoms with Crippen molar-refractivity contribution in [1.29, 1.82) is 0 Å². The highest BCUT2D eigenvalue weighted by atomic mass is 32.2. The predicted molar refractivity (Wildman–Crippen MR) is 193 cm³/mol. The standard InChI is InChI=1S/C39H45F4N5O2S/c1-8-32-35(50)44-36(51-24-28-10-9-11-31(40)34(28)41)48(45-32)23-33(49)47(30-20-37(2,3)46(7)38(4,5)21-30)22-25-12-14-26(15-13-25)27-16-18-29(19-17-27)39(6,42)43/h9-19,30H,8,20-24H2,1-7H3. The van der Waals surface area contributed by atoms with Gasteiger partial charge in [-0.3, -0.25) is 14.5 Å². The molecule has 0 aliphatic carbocycles. The van der Waals surface area contributed by atoms with Crippen LogP contribution in [0.3, 0.4) is 0 Å². The summed E-state index contributed by atoms with van der Waals surface area (Å²) in [6, 6.07) is 17.7. The maximum atomic E-state index is 14.5. The van der Waals surface area contributed by atoms with E-state index in [0.29, 0.717) is 25.8 Å². The van der Waals surface area contributed by atoms with Gasteiger partial charge >= 0.3 is 0 Å². The zero-order valence-electron chi connectivity index (χ0n) is 30.1. The average Bonchev–Trinajstić information content (AvgIpc) is 3.07. The molecular weight excluding hydrogens is 679 g/mol. The van der Waals surface area contributed by atoms with Crippen LogP contribution in [0.1, 0.15) is 76.8 Å². The summed E-state index contributed by atoms with van der Waals surface area (Å²) in [7, 11) is 2.10. The first-order valence-electron chi connectivity index (χ1n) is 17.0. The van der Waals surface area contributed by atoms with Crippen LogP contribution in [0.25, 0.3) is 11.1 Å². The van der Waals surface area contributed by atoms with E-state index in [1.165, 1.54) is 28.9 Å². The van der Waals surface area contributed by atoms with Crippen LogP contribution in [0, 0.1) is 11.6 Å². The summed E-state index contributed by atoms with van der Waals surface area (Å²) in [4.78, 5) is 35.7. The molecule has 0 bridgehead atoms. The van der Waals surface area contributed by atoms with E-state index in [-0.39, 0.29) is 57.3 Å². The van der Waals surface area contributed by atoms with Crippen molar-refractivity contribution in [1.82, 2.24) is 24.6 Å². The fourth-order valence-corrected chi connectivity index (χ4v) is 7.72. The van der Waals surface area contributed by atoms with Gasteiger partial charge in [-0.25, -0.2) is 22.2 Å². The molecule has 1 fully saturated rings. The third kappa shape index (κ3) is 8.72. The maximum absolute atomic E-state index is 14.5. The first-order valence-corrected chi connectivity index (χ1v) is 18.0. The summed E-state index contributed by atoms with van der Waals surface area (Å²) in [5.74, 6) is -5.12. The molecule has 0 atom stereocenters. The van der Waals surface area contributed by atoms with Gasteiger partial charge in [0.1, 0.15) is 12.2 Å². The van der Waals surface area contributed by atoms with Crippen molar-refractivity contribution in [3.05, 3.63) is 111 Å². The Balaban J connectivity index is 1.46. The molecule has 0 spiro atoms. The van der Waals surface area contributed by atoms with Crippen LogP contribution >= 0.6 is 11.8 Å². The van der Waals surface area contributed by atoms with Crippen LogP contribution in [-0.2, 0) is 36.0 Å². The van der Waals surface area contributed by atoms with Gasteiger partial charge in [-0.2, -0.15) is 10.1 Å². The summed E-state index contributed by atoms with van der Waals surface area (Å²) in [6.45, 7) is 11.4. The average molecular weight is 724 g/mol. The van der Waals surface area contributed by atoms with Gasteiger partial charge in [0, 0.05) is 47.5 Å². The van der Waals surface area contributed by atoms with Crippen LogP contribution in [-0.4, -0.2) is 54.6 Å². The lowest BCUT2D eigenvalue weighted by Gasteiger charge is -2.55. The lowest BCUT2D eigenvalue weighted by atomic mass is 9.77. The van der Waals surface area contributed by atoms with Gasteiger partial charge in [-0.05, 0) is 76.8 Å². The van der Waals surface area contributed by atoms with Gasteiger partial charge in [0.2, 0.25) is 5.91 Å². The number of aromatic nitrogens is 3. The number of aryl methyl sites for hydroxylation is 1. The first-order chi connectivity index (χ1) is 23.9. The van der Waals surface area contributed by atoms with E-state index in [1.54, 1.807) is 19.1 Å². The molecule has 1 aromatic heterocycles. The molecule has 0 unspecified atom stereocenters. The van der Waals surface area contributed by atoms with Crippen molar-refractivity contribution in [3.8, 4) is 11.1 Å². The van der Waals surface area contributed by atoms with Crippen molar-refractivity contribution < 1.29 is 22.4 Å². The SMILES string of the molecule is CCc1nn(CC(=O)N(Cc2ccc(-c3ccc(C(C)(F)F)cc3)cc2)C2CC(C)(C)N(C)C(C)(C)C2)c(SCc2cccc(F)c2F)nc1=O. The predicted octanol–water partition coefficient (Wildman–Crippen LogP) is 8.23. The minimum absolute atomic E-state index is 0.0195. The lowest BCUT2D eigenvalue weighted by molar-refractivity contribution is -0.140. The van der Waals surface area contributed by atoms with E-state index in [9.17, 15) is 27.2 Å². The molecule has 0 saturated carbocycles. The van der Waals surface area contributed by atoms with Crippen LogP contribution < -0.4 is 5.56 Å². The van der Waals surface area contributed by atoms with Gasteiger partial charge in [0.05, 0.1) is 0 Å². The highest BCUT2D eigenvalue weighted by Gasteiger charge is 2.45. The van der Waals surface area contributed by atoms with Crippen LogP contribution in [0.2, 0.25) is 0 Å². The van der Waals surface area contributed by atoms with Crippen LogP contribution in [0.4, 0.5) is 17.6 Å². The molecule has 1 amide bonds. The Morgan fingerprint density at radius 3 is 2.12 bits per heavy atom. The Kier molecular flexibility index (Phi) is 11.2. The van der Waals surface area contributed by atoms with E-state index in [0.717, 1.165) is 41.4 Å². The van der Waals surface area contributed by atoms with Crippen molar-refractivity contribution in [2.24, 2.45) is 0 Å². The largest absolute Gasteiger partial charge is 0.334 e. The number of thioether (sulfide) groups is 1. The molecule has 1 aliphatic heterocycles. The first kappa shape index (κ1) is 38.2. The number of piperidine rings is 1. The number of amides is 1. The molecule has 1 aliphatic rings. The van der Waals surface area contributed by atoms with Crippen LogP contribution in [0.5, 0.6) is 0 Å². The van der Waals surface area contributed by atoms with Gasteiger partial charge in [0.15, 0.2) is 16.8 Å². The molecule has 0 radical (unpaired) electrons. The molecule has 7 nitrogen and oxygen atoms in total. The maximum Gasteiger partial charge on any atom is 0.295 e. The van der Waals surface area contributed by atoms with E-state index < -0.39 is 23.1 Å². The third-order valence-electron chi connectivity index (χ3n) is 9.99. The van der Waals surface area contributed by atoms with E-state index in [4.69, 9.17) is 0 Å². The molecule has 2 heterocycles. The molecule has 5 rings (SSSR count). The molecule has 4 aromatic rings. The summed E-state index contributed by atoms with van der Waals surface area (Å²) >= 11 is 1.01. The Morgan fingerprint density at radius 2 is 1.55 bits per heavy atom. The third-order valence-corrected chi connectivity index (χ3v) is 11.0. The fourth-order valence-electron chi connectivity index (χ4n) is 6.81. The summed E-state index contributed by atoms with van der Waals surface area (Å²) < 4.78 is 57.3. The zero-order chi connectivity index (χ0) is 37.3. The number of alkyl halides is 2. The number of halogens is 4. The molecule has 272 valence electrons. The van der Waals surface area contributed by atoms with E-state index in [1.807, 2.05) is 29.2 Å². The fraction of sp³-hybridized carbons (Fsp3) is 0.436. The zero-order valence-corrected chi connectivity index (χ0v) is 31.0. The number of carbonyl (C=O) groups excluding carboxylic acids is 1. The molecule has 3 aromatic carbocycles. The normalized spacial score (nSPS) is 16.3. The minimum atomic E-state index is -2.92. The minimum Gasteiger partial charge on any atom is -0.334 e. The van der Waals surface area contributed by atoms with Crippen molar-refractivity contribution in [3.63, 3.8) is 0 Å². The summed E-state index contributed by atoms with van der Waals surface area (Å²) in [6.07, 6.45) is 1.73. The molecule has 12 heteroatoms. The second-order valence-electron chi connectivity index (χ2n) is 14.6. The second-order valence-corrected chi connectivity index (χ2v) is 15.5. The number of rotatable bonds is 11. The van der Waals surface area contributed by atoms with Gasteiger partial charge in [-0.15, -0.1) is 0 Å². The number of nitrogens with zero attached hydrogens (tertiary/aromatic N) is 5. The number of carbonyl (C=O) groups is 1.